The van der Waals surface area contributed by atoms with Crippen LogP contribution in [-0.2, 0) is 4.74 Å². The lowest BCUT2D eigenvalue weighted by molar-refractivity contribution is 0.196. The highest BCUT2D eigenvalue weighted by Gasteiger charge is 2.10. The molecular weight excluding hydrogens is 142 g/mol. The summed E-state index contributed by atoms with van der Waals surface area (Å²) in [5, 5.41) is 0. The standard InChI is InChI=1S/C7H19NOSi/c1-9-7-5-6-8-10(2,3)4/h8H,5-7H2,1-4H3. The maximum Gasteiger partial charge on any atom is 0.116 e. The van der Waals surface area contributed by atoms with E-state index in [4.69, 9.17) is 4.74 Å². The molecule has 1 N–H and O–H groups in total. The molecular formula is C7H19NOSi. The second-order valence-corrected chi connectivity index (χ2v) is 8.38. The Balaban J connectivity index is 3.04. The molecule has 0 aliphatic rings. The van der Waals surface area contributed by atoms with Crippen molar-refractivity contribution < 1.29 is 4.74 Å². The molecule has 0 heterocycles. The van der Waals surface area contributed by atoms with E-state index >= 15 is 0 Å². The summed E-state index contributed by atoms with van der Waals surface area (Å²) < 4.78 is 4.93. The summed E-state index contributed by atoms with van der Waals surface area (Å²) in [6.07, 6.45) is 1.13. The summed E-state index contributed by atoms with van der Waals surface area (Å²) in [6.45, 7) is 8.89. The summed E-state index contributed by atoms with van der Waals surface area (Å²) in [7, 11) is 0.732. The Bertz CT molecular complexity index is 80.2. The third-order valence-electron chi connectivity index (χ3n) is 1.18. The van der Waals surface area contributed by atoms with Crippen LogP contribution >= 0.6 is 0 Å². The SMILES string of the molecule is COCCCN[Si](C)(C)C. The second kappa shape index (κ2) is 4.88. The molecule has 2 nitrogen and oxygen atoms in total. The molecule has 62 valence electrons. The van der Waals surface area contributed by atoms with Gasteiger partial charge in [-0.2, -0.15) is 0 Å². The van der Waals surface area contributed by atoms with Gasteiger partial charge >= 0.3 is 0 Å². The molecule has 0 aromatic rings. The fraction of sp³-hybridized carbons (Fsp3) is 1.00. The number of nitrogens with one attached hydrogen (secondary N) is 1. The molecule has 0 aromatic heterocycles. The quantitative estimate of drug-likeness (QED) is 0.487. The average Bonchev–Trinajstić information content (AvgIpc) is 1.78. The van der Waals surface area contributed by atoms with E-state index in [0.29, 0.717) is 0 Å². The van der Waals surface area contributed by atoms with Crippen LogP contribution in [0.25, 0.3) is 0 Å². The van der Waals surface area contributed by atoms with Gasteiger partial charge in [-0.3, -0.25) is 0 Å². The first-order valence-corrected chi connectivity index (χ1v) is 7.30. The molecule has 10 heavy (non-hydrogen) atoms. The monoisotopic (exact) mass is 161 g/mol. The molecule has 0 spiro atoms. The highest BCUT2D eigenvalue weighted by atomic mass is 28.3. The van der Waals surface area contributed by atoms with Crippen molar-refractivity contribution in [2.45, 2.75) is 26.1 Å². The maximum absolute atomic E-state index is 4.93. The van der Waals surface area contributed by atoms with Crippen LogP contribution in [0.3, 0.4) is 0 Å². The van der Waals surface area contributed by atoms with E-state index in [-0.39, 0.29) is 0 Å². The predicted molar refractivity (Wildman–Crippen MR) is 47.8 cm³/mol. The van der Waals surface area contributed by atoms with Crippen LogP contribution in [0.4, 0.5) is 0 Å². The molecule has 0 atom stereocenters. The van der Waals surface area contributed by atoms with E-state index in [1.807, 2.05) is 0 Å². The van der Waals surface area contributed by atoms with Crippen molar-refractivity contribution in [3.05, 3.63) is 0 Å². The number of hydrogen-bond donors (Lipinski definition) is 1. The zero-order valence-electron chi connectivity index (χ0n) is 7.53. The molecule has 0 aliphatic heterocycles. The summed E-state index contributed by atoms with van der Waals surface area (Å²) in [6, 6.07) is 0. The number of hydrogen-bond acceptors (Lipinski definition) is 2. The van der Waals surface area contributed by atoms with Crippen molar-refractivity contribution >= 4 is 8.24 Å². The number of rotatable bonds is 5. The van der Waals surface area contributed by atoms with Gasteiger partial charge in [0, 0.05) is 13.7 Å². The summed E-state index contributed by atoms with van der Waals surface area (Å²) >= 11 is 0. The molecule has 0 radical (unpaired) electrons. The third-order valence-corrected chi connectivity index (χ3v) is 2.49. The van der Waals surface area contributed by atoms with E-state index in [2.05, 4.69) is 24.6 Å². The van der Waals surface area contributed by atoms with E-state index in [1.54, 1.807) is 7.11 Å². The normalized spacial score (nSPS) is 12.0. The molecule has 0 aliphatic carbocycles. The lowest BCUT2D eigenvalue weighted by atomic mass is 10.5. The zero-order valence-corrected chi connectivity index (χ0v) is 8.53. The Kier molecular flexibility index (Phi) is 4.94. The highest BCUT2D eigenvalue weighted by Crippen LogP contribution is 1.93. The fourth-order valence-electron chi connectivity index (χ4n) is 0.680. The van der Waals surface area contributed by atoms with Gasteiger partial charge < -0.3 is 9.72 Å². The van der Waals surface area contributed by atoms with Crippen molar-refractivity contribution in [3.8, 4) is 0 Å². The first kappa shape index (κ1) is 10.1. The topological polar surface area (TPSA) is 21.3 Å². The van der Waals surface area contributed by atoms with Gasteiger partial charge in [0.15, 0.2) is 0 Å². The van der Waals surface area contributed by atoms with Crippen LogP contribution < -0.4 is 4.98 Å². The van der Waals surface area contributed by atoms with Gasteiger partial charge in [0.2, 0.25) is 0 Å². The van der Waals surface area contributed by atoms with Gasteiger partial charge in [-0.15, -0.1) is 0 Å². The molecule has 0 rings (SSSR count). The van der Waals surface area contributed by atoms with Crippen molar-refractivity contribution in [2.75, 3.05) is 20.3 Å². The Morgan fingerprint density at radius 2 is 1.90 bits per heavy atom. The van der Waals surface area contributed by atoms with Crippen LogP contribution in [0.15, 0.2) is 0 Å². The van der Waals surface area contributed by atoms with Crippen LogP contribution in [0, 0.1) is 0 Å². The van der Waals surface area contributed by atoms with Gasteiger partial charge in [0.05, 0.1) is 0 Å². The van der Waals surface area contributed by atoms with E-state index in [0.717, 1.165) is 19.6 Å². The van der Waals surface area contributed by atoms with Crippen molar-refractivity contribution in [1.29, 1.82) is 0 Å². The third kappa shape index (κ3) is 8.14. The molecule has 0 bridgehead atoms. The van der Waals surface area contributed by atoms with E-state index < -0.39 is 8.24 Å². The number of methoxy groups -OCH3 is 1. The minimum atomic E-state index is -1.01. The van der Waals surface area contributed by atoms with Crippen molar-refractivity contribution in [2.24, 2.45) is 0 Å². The Morgan fingerprint density at radius 1 is 1.30 bits per heavy atom. The smallest absolute Gasteiger partial charge is 0.116 e. The Hall–Kier alpha value is 0.137. The lowest BCUT2D eigenvalue weighted by Crippen LogP contribution is -2.41. The minimum Gasteiger partial charge on any atom is -0.385 e. The first-order valence-electron chi connectivity index (χ1n) is 3.80. The minimum absolute atomic E-state index is 0.873. The summed E-state index contributed by atoms with van der Waals surface area (Å²) in [4.78, 5) is 3.52. The molecule has 0 amide bonds. The highest BCUT2D eigenvalue weighted by molar-refractivity contribution is 6.73. The first-order chi connectivity index (χ1) is 4.56. The molecule has 0 saturated carbocycles. The van der Waals surface area contributed by atoms with E-state index in [9.17, 15) is 0 Å². The predicted octanol–water partition coefficient (Wildman–Crippen LogP) is 1.45. The van der Waals surface area contributed by atoms with Gasteiger partial charge in [-0.05, 0) is 13.0 Å². The molecule has 0 saturated heterocycles. The Morgan fingerprint density at radius 3 is 2.30 bits per heavy atom. The summed E-state index contributed by atoms with van der Waals surface area (Å²) in [5.74, 6) is 0. The molecule has 0 aromatic carbocycles. The average molecular weight is 161 g/mol. The van der Waals surface area contributed by atoms with Gasteiger partial charge in [0.1, 0.15) is 8.24 Å². The molecule has 3 heteroatoms. The Labute approximate surface area is 65.1 Å². The van der Waals surface area contributed by atoms with Gasteiger partial charge in [-0.1, -0.05) is 19.6 Å². The van der Waals surface area contributed by atoms with Crippen LogP contribution in [0.2, 0.25) is 19.6 Å². The molecule has 0 fully saturated rings. The lowest BCUT2D eigenvalue weighted by Gasteiger charge is -2.17. The van der Waals surface area contributed by atoms with E-state index in [1.165, 1.54) is 0 Å². The van der Waals surface area contributed by atoms with Crippen molar-refractivity contribution in [1.82, 2.24) is 4.98 Å². The van der Waals surface area contributed by atoms with Crippen LogP contribution in [0.5, 0.6) is 0 Å². The fourth-order valence-corrected chi connectivity index (χ4v) is 1.61. The van der Waals surface area contributed by atoms with Gasteiger partial charge in [0.25, 0.3) is 0 Å². The van der Waals surface area contributed by atoms with Crippen molar-refractivity contribution in [3.63, 3.8) is 0 Å². The second-order valence-electron chi connectivity index (χ2n) is 3.52. The van der Waals surface area contributed by atoms with Crippen LogP contribution in [-0.4, -0.2) is 28.5 Å². The number of ether oxygens (including phenoxy) is 1. The van der Waals surface area contributed by atoms with Crippen LogP contribution in [0.1, 0.15) is 6.42 Å². The largest absolute Gasteiger partial charge is 0.385 e. The molecule has 0 unspecified atom stereocenters. The zero-order chi connectivity index (χ0) is 8.04. The van der Waals surface area contributed by atoms with Gasteiger partial charge in [-0.25, -0.2) is 0 Å². The maximum atomic E-state index is 4.93. The summed E-state index contributed by atoms with van der Waals surface area (Å²) in [5.41, 5.74) is 0.